The van der Waals surface area contributed by atoms with Crippen molar-refractivity contribution in [2.75, 3.05) is 18.4 Å². The first-order valence-corrected chi connectivity index (χ1v) is 10.0. The average Bonchev–Trinajstić information content (AvgIpc) is 3.07. The number of nitrogens with zero attached hydrogens (tertiary/aromatic N) is 3. The number of piperidine rings is 1. The number of nitrogens with one attached hydrogen (secondary N) is 1. The molecule has 1 fully saturated rings. The molecule has 1 aliphatic heterocycles. The van der Waals surface area contributed by atoms with Gasteiger partial charge in [0.15, 0.2) is 0 Å². The molecule has 0 radical (unpaired) electrons. The molecule has 1 aromatic carbocycles. The highest BCUT2D eigenvalue weighted by atomic mass is 32.2. The second-order valence-electron chi connectivity index (χ2n) is 6.55. The van der Waals surface area contributed by atoms with Gasteiger partial charge < -0.3 is 5.32 Å². The van der Waals surface area contributed by atoms with Crippen LogP contribution in [0.5, 0.6) is 0 Å². The van der Waals surface area contributed by atoms with Gasteiger partial charge in [-0.05, 0) is 25.0 Å². The number of hydrogen-bond donors (Lipinski definition) is 1. The quantitative estimate of drug-likeness (QED) is 0.812. The standard InChI is InChI=1S/C17H19F3N4O3S/c18-17(19,20)12-23-11-14(9-21-23)22-16(25)13-5-4-8-24(10-13)28(26,27)15-6-2-1-3-7-15/h1-3,6-7,9,11,13H,4-5,8,10,12H2,(H,22,25). The first-order valence-electron chi connectivity index (χ1n) is 8.60. The molecular weight excluding hydrogens is 397 g/mol. The van der Waals surface area contributed by atoms with E-state index >= 15 is 0 Å². The van der Waals surface area contributed by atoms with Gasteiger partial charge >= 0.3 is 6.18 Å². The van der Waals surface area contributed by atoms with Crippen LogP contribution in [0.2, 0.25) is 0 Å². The van der Waals surface area contributed by atoms with Crippen molar-refractivity contribution < 1.29 is 26.4 Å². The molecule has 11 heteroatoms. The van der Waals surface area contributed by atoms with E-state index in [1.54, 1.807) is 18.2 Å². The molecule has 1 amide bonds. The van der Waals surface area contributed by atoms with Crippen molar-refractivity contribution in [1.29, 1.82) is 0 Å². The Hall–Kier alpha value is -2.40. The van der Waals surface area contributed by atoms with Crippen molar-refractivity contribution in [3.63, 3.8) is 0 Å². The molecule has 2 heterocycles. The molecule has 0 bridgehead atoms. The van der Waals surface area contributed by atoms with E-state index in [9.17, 15) is 26.4 Å². The lowest BCUT2D eigenvalue weighted by molar-refractivity contribution is -0.142. The number of benzene rings is 1. The molecule has 0 saturated carbocycles. The molecule has 1 atom stereocenters. The number of rotatable bonds is 5. The normalized spacial score (nSPS) is 18.8. The summed E-state index contributed by atoms with van der Waals surface area (Å²) in [6.07, 6.45) is -1.19. The lowest BCUT2D eigenvalue weighted by Crippen LogP contribution is -2.43. The van der Waals surface area contributed by atoms with Gasteiger partial charge in [0.2, 0.25) is 15.9 Å². The van der Waals surface area contributed by atoms with Crippen molar-refractivity contribution in [2.45, 2.75) is 30.5 Å². The summed E-state index contributed by atoms with van der Waals surface area (Å²) >= 11 is 0. The Morgan fingerprint density at radius 1 is 1.25 bits per heavy atom. The lowest BCUT2D eigenvalue weighted by atomic mass is 9.99. The predicted octanol–water partition coefficient (Wildman–Crippen LogP) is 2.48. The van der Waals surface area contributed by atoms with Crippen molar-refractivity contribution in [3.8, 4) is 0 Å². The first-order chi connectivity index (χ1) is 13.1. The van der Waals surface area contributed by atoms with Gasteiger partial charge in [0, 0.05) is 19.3 Å². The first kappa shape index (κ1) is 20.3. The predicted molar refractivity (Wildman–Crippen MR) is 94.8 cm³/mol. The minimum absolute atomic E-state index is 0.0136. The number of amides is 1. The van der Waals surface area contributed by atoms with Crippen molar-refractivity contribution >= 4 is 21.6 Å². The fourth-order valence-corrected chi connectivity index (χ4v) is 4.60. The Balaban J connectivity index is 1.65. The topological polar surface area (TPSA) is 84.3 Å². The van der Waals surface area contributed by atoms with E-state index < -0.39 is 34.6 Å². The van der Waals surface area contributed by atoms with Gasteiger partial charge in [-0.3, -0.25) is 9.48 Å². The molecule has 1 N–H and O–H groups in total. The highest BCUT2D eigenvalue weighted by molar-refractivity contribution is 7.89. The van der Waals surface area contributed by atoms with Crippen molar-refractivity contribution in [2.24, 2.45) is 5.92 Å². The van der Waals surface area contributed by atoms with Gasteiger partial charge in [0.05, 0.1) is 22.7 Å². The SMILES string of the molecule is O=C(Nc1cnn(CC(F)(F)F)c1)C1CCCN(S(=O)(=O)c2ccccc2)C1. The fraction of sp³-hybridized carbons (Fsp3) is 0.412. The zero-order chi connectivity index (χ0) is 20.4. The van der Waals surface area contributed by atoms with Crippen LogP contribution in [0.15, 0.2) is 47.6 Å². The zero-order valence-corrected chi connectivity index (χ0v) is 15.6. The third-order valence-electron chi connectivity index (χ3n) is 4.38. The number of carbonyl (C=O) groups excluding carboxylic acids is 1. The Bertz CT molecular complexity index is 929. The molecule has 152 valence electrons. The minimum Gasteiger partial charge on any atom is -0.323 e. The minimum atomic E-state index is -4.41. The van der Waals surface area contributed by atoms with E-state index in [4.69, 9.17) is 0 Å². The largest absolute Gasteiger partial charge is 0.408 e. The lowest BCUT2D eigenvalue weighted by Gasteiger charge is -2.31. The summed E-state index contributed by atoms with van der Waals surface area (Å²) in [4.78, 5) is 12.6. The Kier molecular flexibility index (Phi) is 5.75. The Labute approximate surface area is 160 Å². The average molecular weight is 416 g/mol. The number of anilines is 1. The molecule has 7 nitrogen and oxygen atoms in total. The van der Waals surface area contributed by atoms with Gasteiger partial charge in [-0.1, -0.05) is 18.2 Å². The van der Waals surface area contributed by atoms with E-state index in [2.05, 4.69) is 10.4 Å². The summed E-state index contributed by atoms with van der Waals surface area (Å²) in [7, 11) is -3.71. The second kappa shape index (κ2) is 7.92. The summed E-state index contributed by atoms with van der Waals surface area (Å²) in [5, 5.41) is 6.09. The third kappa shape index (κ3) is 4.90. The zero-order valence-electron chi connectivity index (χ0n) is 14.8. The van der Waals surface area contributed by atoms with Gasteiger partial charge in [-0.15, -0.1) is 0 Å². The van der Waals surface area contributed by atoms with Crippen LogP contribution in [0, 0.1) is 5.92 Å². The van der Waals surface area contributed by atoms with Gasteiger partial charge in [-0.2, -0.15) is 22.6 Å². The van der Waals surface area contributed by atoms with Crippen LogP contribution in [0.1, 0.15) is 12.8 Å². The fourth-order valence-electron chi connectivity index (χ4n) is 3.06. The maximum Gasteiger partial charge on any atom is 0.408 e. The molecule has 1 unspecified atom stereocenters. The Morgan fingerprint density at radius 3 is 2.64 bits per heavy atom. The summed E-state index contributed by atoms with van der Waals surface area (Å²) < 4.78 is 64.6. The summed E-state index contributed by atoms with van der Waals surface area (Å²) in [6.45, 7) is -0.931. The van der Waals surface area contributed by atoms with E-state index in [0.29, 0.717) is 24.1 Å². The number of carbonyl (C=O) groups is 1. The van der Waals surface area contributed by atoms with Crippen LogP contribution in [-0.4, -0.2) is 47.7 Å². The summed E-state index contributed by atoms with van der Waals surface area (Å²) in [5.74, 6) is -1.04. The molecule has 1 aliphatic rings. The van der Waals surface area contributed by atoms with Crippen molar-refractivity contribution in [3.05, 3.63) is 42.7 Å². The molecule has 0 spiro atoms. The highest BCUT2D eigenvalue weighted by Crippen LogP contribution is 2.25. The number of hydrogen-bond acceptors (Lipinski definition) is 4. The number of sulfonamides is 1. The molecule has 28 heavy (non-hydrogen) atoms. The van der Waals surface area contributed by atoms with Gasteiger partial charge in [-0.25, -0.2) is 8.42 Å². The van der Waals surface area contributed by atoms with Crippen molar-refractivity contribution in [1.82, 2.24) is 14.1 Å². The second-order valence-corrected chi connectivity index (χ2v) is 8.48. The monoisotopic (exact) mass is 416 g/mol. The molecule has 2 aromatic rings. The summed E-state index contributed by atoms with van der Waals surface area (Å²) in [5.41, 5.74) is 0.136. The van der Waals surface area contributed by atoms with Crippen LogP contribution in [0.25, 0.3) is 0 Å². The van der Waals surface area contributed by atoms with Crippen LogP contribution < -0.4 is 5.32 Å². The maximum atomic E-state index is 12.7. The highest BCUT2D eigenvalue weighted by Gasteiger charge is 2.33. The Morgan fingerprint density at radius 2 is 1.96 bits per heavy atom. The number of halogens is 3. The third-order valence-corrected chi connectivity index (χ3v) is 6.26. The van der Waals surface area contributed by atoms with E-state index in [-0.39, 0.29) is 17.1 Å². The van der Waals surface area contributed by atoms with E-state index in [0.717, 1.165) is 12.4 Å². The van der Waals surface area contributed by atoms with Crippen LogP contribution >= 0.6 is 0 Å². The molecule has 3 rings (SSSR count). The van der Waals surface area contributed by atoms with E-state index in [1.807, 2.05) is 0 Å². The molecular formula is C17H19F3N4O3S. The van der Waals surface area contributed by atoms with Crippen LogP contribution in [0.3, 0.4) is 0 Å². The van der Waals surface area contributed by atoms with Gasteiger partial charge in [0.1, 0.15) is 6.54 Å². The number of alkyl halides is 3. The van der Waals surface area contributed by atoms with Crippen LogP contribution in [0.4, 0.5) is 18.9 Å². The molecule has 1 aromatic heterocycles. The maximum absolute atomic E-state index is 12.7. The molecule has 1 saturated heterocycles. The number of aromatic nitrogens is 2. The molecule has 0 aliphatic carbocycles. The van der Waals surface area contributed by atoms with Crippen LogP contribution in [-0.2, 0) is 21.4 Å². The smallest absolute Gasteiger partial charge is 0.323 e. The van der Waals surface area contributed by atoms with E-state index in [1.165, 1.54) is 16.4 Å². The van der Waals surface area contributed by atoms with Gasteiger partial charge in [0.25, 0.3) is 0 Å². The summed E-state index contributed by atoms with van der Waals surface area (Å²) in [6, 6.07) is 7.95.